The van der Waals surface area contributed by atoms with Crippen molar-refractivity contribution in [2.75, 3.05) is 38.2 Å². The average Bonchev–Trinajstić information content (AvgIpc) is 2.99. The van der Waals surface area contributed by atoms with E-state index in [1.165, 1.54) is 0 Å². The number of piperazine rings is 1. The summed E-state index contributed by atoms with van der Waals surface area (Å²) in [6, 6.07) is 12.6. The largest absolute Gasteiger partial charge is 0.497 e. The van der Waals surface area contributed by atoms with E-state index in [2.05, 4.69) is 10.2 Å². The molecule has 0 radical (unpaired) electrons. The van der Waals surface area contributed by atoms with Gasteiger partial charge in [-0.1, -0.05) is 17.7 Å². The maximum absolute atomic E-state index is 13.4. The molecular formula is C21H24Cl2N2O3S. The van der Waals surface area contributed by atoms with Gasteiger partial charge in [0.05, 0.1) is 12.0 Å². The van der Waals surface area contributed by atoms with Gasteiger partial charge >= 0.3 is 0 Å². The molecule has 5 nitrogen and oxygen atoms in total. The Bertz CT molecular complexity index is 1030. The lowest BCUT2D eigenvalue weighted by atomic mass is 10.1. The molecule has 0 saturated carbocycles. The van der Waals surface area contributed by atoms with E-state index in [9.17, 15) is 8.42 Å². The zero-order chi connectivity index (χ0) is 19.9. The Labute approximate surface area is 183 Å². The maximum Gasteiger partial charge on any atom is 0.189 e. The number of rotatable bonds is 4. The van der Waals surface area contributed by atoms with Crippen LogP contribution in [0.25, 0.3) is 5.03 Å². The van der Waals surface area contributed by atoms with Gasteiger partial charge in [0, 0.05) is 42.5 Å². The minimum atomic E-state index is -3.62. The molecule has 8 heteroatoms. The molecule has 1 heterocycles. The highest BCUT2D eigenvalue weighted by atomic mass is 35.5. The summed E-state index contributed by atoms with van der Waals surface area (Å²) in [4.78, 5) is 2.57. The van der Waals surface area contributed by atoms with Crippen molar-refractivity contribution in [2.24, 2.45) is 0 Å². The van der Waals surface area contributed by atoms with Crippen molar-refractivity contribution in [3.63, 3.8) is 0 Å². The molecular weight excluding hydrogens is 431 g/mol. The Balaban J connectivity index is 0.00000240. The molecule has 0 amide bonds. The smallest absolute Gasteiger partial charge is 0.189 e. The Morgan fingerprint density at radius 2 is 1.76 bits per heavy atom. The standard InChI is InChI=1S/C21H23ClN2O3S.ClH/c1-14-20(22)19-13-16(27-2)5-8-18(19)21(14)28(25,26)17-6-3-15(4-7-17)24-11-9-23-10-12-24;/h3-8,13,21,23H,9-12H2,1-2H3;1H. The van der Waals surface area contributed by atoms with Crippen LogP contribution in [-0.4, -0.2) is 41.7 Å². The number of nitrogens with one attached hydrogen (secondary N) is 1. The molecule has 1 unspecified atom stereocenters. The van der Waals surface area contributed by atoms with Gasteiger partial charge in [0.15, 0.2) is 9.84 Å². The van der Waals surface area contributed by atoms with Gasteiger partial charge in [0.2, 0.25) is 0 Å². The molecule has 1 aliphatic carbocycles. The predicted molar refractivity (Wildman–Crippen MR) is 120 cm³/mol. The number of benzene rings is 2. The van der Waals surface area contributed by atoms with Crippen LogP contribution in [0.1, 0.15) is 23.3 Å². The molecule has 1 N–H and O–H groups in total. The first-order chi connectivity index (χ1) is 13.4. The number of methoxy groups -OCH3 is 1. The third-order valence-corrected chi connectivity index (χ3v) is 8.14. The maximum atomic E-state index is 13.4. The fraction of sp³-hybridized carbons (Fsp3) is 0.333. The Hall–Kier alpha value is -1.73. The molecule has 1 aliphatic heterocycles. The average molecular weight is 455 g/mol. The third kappa shape index (κ3) is 3.87. The summed E-state index contributed by atoms with van der Waals surface area (Å²) in [6.07, 6.45) is 0. The van der Waals surface area contributed by atoms with E-state index in [0.717, 1.165) is 37.4 Å². The molecule has 1 atom stereocenters. The van der Waals surface area contributed by atoms with E-state index >= 15 is 0 Å². The molecule has 2 aromatic rings. The van der Waals surface area contributed by atoms with Crippen LogP contribution in [0.5, 0.6) is 5.75 Å². The normalized spacial score (nSPS) is 19.0. The minimum Gasteiger partial charge on any atom is -0.497 e. The van der Waals surface area contributed by atoms with Gasteiger partial charge in [-0.25, -0.2) is 8.42 Å². The first kappa shape index (κ1) is 22.0. The van der Waals surface area contributed by atoms with E-state index in [-0.39, 0.29) is 12.4 Å². The van der Waals surface area contributed by atoms with Gasteiger partial charge in [-0.3, -0.25) is 0 Å². The number of nitrogens with zero attached hydrogens (tertiary/aromatic N) is 1. The van der Waals surface area contributed by atoms with Crippen molar-refractivity contribution in [3.8, 4) is 5.75 Å². The second-order valence-electron chi connectivity index (χ2n) is 7.11. The molecule has 4 rings (SSSR count). The second-order valence-corrected chi connectivity index (χ2v) is 9.52. The fourth-order valence-electron chi connectivity index (χ4n) is 3.95. The number of fused-ring (bicyclic) bond motifs is 1. The highest BCUT2D eigenvalue weighted by molar-refractivity contribution is 7.92. The molecule has 0 bridgehead atoms. The number of sulfone groups is 1. The molecule has 2 aromatic carbocycles. The monoisotopic (exact) mass is 454 g/mol. The molecule has 1 saturated heterocycles. The Morgan fingerprint density at radius 3 is 2.38 bits per heavy atom. The van der Waals surface area contributed by atoms with Gasteiger partial charge < -0.3 is 15.0 Å². The second kappa shape index (κ2) is 8.56. The van der Waals surface area contributed by atoms with Crippen molar-refractivity contribution in [1.29, 1.82) is 0 Å². The molecule has 29 heavy (non-hydrogen) atoms. The highest BCUT2D eigenvalue weighted by Gasteiger charge is 2.38. The van der Waals surface area contributed by atoms with E-state index in [0.29, 0.717) is 26.8 Å². The number of hydrogen-bond acceptors (Lipinski definition) is 5. The van der Waals surface area contributed by atoms with Crippen molar-refractivity contribution < 1.29 is 13.2 Å². The molecule has 0 spiro atoms. The van der Waals surface area contributed by atoms with Gasteiger partial charge in [-0.2, -0.15) is 0 Å². The first-order valence-corrected chi connectivity index (χ1v) is 11.2. The Morgan fingerprint density at radius 1 is 1.10 bits per heavy atom. The lowest BCUT2D eigenvalue weighted by Crippen LogP contribution is -2.43. The van der Waals surface area contributed by atoms with Crippen LogP contribution in [0.15, 0.2) is 52.9 Å². The van der Waals surface area contributed by atoms with Crippen molar-refractivity contribution >= 4 is 44.6 Å². The topological polar surface area (TPSA) is 58.6 Å². The van der Waals surface area contributed by atoms with E-state index in [1.54, 1.807) is 44.4 Å². The Kier molecular flexibility index (Phi) is 6.48. The minimum absolute atomic E-state index is 0. The third-order valence-electron chi connectivity index (χ3n) is 5.48. The summed E-state index contributed by atoms with van der Waals surface area (Å²) in [7, 11) is -2.04. The summed E-state index contributed by atoms with van der Waals surface area (Å²) in [5, 5.41) is 3.03. The predicted octanol–water partition coefficient (Wildman–Crippen LogP) is 4.03. The SMILES string of the molecule is COc1ccc2c(c1)C(Cl)=C(C)C2S(=O)(=O)c1ccc(N2CCNCC2)cc1.Cl. The molecule has 1 fully saturated rings. The van der Waals surface area contributed by atoms with Gasteiger partial charge in [0.25, 0.3) is 0 Å². The van der Waals surface area contributed by atoms with E-state index in [4.69, 9.17) is 16.3 Å². The molecule has 0 aromatic heterocycles. The van der Waals surface area contributed by atoms with E-state index < -0.39 is 15.1 Å². The number of hydrogen-bond donors (Lipinski definition) is 1. The van der Waals surface area contributed by atoms with Gasteiger partial charge in [0.1, 0.15) is 11.0 Å². The number of halogens is 2. The van der Waals surface area contributed by atoms with Crippen LogP contribution < -0.4 is 15.0 Å². The lowest BCUT2D eigenvalue weighted by molar-refractivity contribution is 0.414. The fourth-order valence-corrected chi connectivity index (χ4v) is 6.20. The van der Waals surface area contributed by atoms with Crippen LogP contribution in [-0.2, 0) is 9.84 Å². The summed E-state index contributed by atoms with van der Waals surface area (Å²) in [5.41, 5.74) is 3.12. The summed E-state index contributed by atoms with van der Waals surface area (Å²) in [5.74, 6) is 0.656. The van der Waals surface area contributed by atoms with Crippen molar-refractivity contribution in [2.45, 2.75) is 17.1 Å². The van der Waals surface area contributed by atoms with Crippen molar-refractivity contribution in [3.05, 3.63) is 59.2 Å². The highest BCUT2D eigenvalue weighted by Crippen LogP contribution is 2.49. The van der Waals surface area contributed by atoms with E-state index in [1.807, 2.05) is 12.1 Å². The quantitative estimate of drug-likeness (QED) is 0.755. The molecule has 2 aliphatic rings. The van der Waals surface area contributed by atoms with Crippen LogP contribution in [0.3, 0.4) is 0 Å². The van der Waals surface area contributed by atoms with Crippen LogP contribution in [0, 0.1) is 0 Å². The van der Waals surface area contributed by atoms with Gasteiger partial charge in [-0.15, -0.1) is 12.4 Å². The van der Waals surface area contributed by atoms with Gasteiger partial charge in [-0.05, 0) is 54.5 Å². The first-order valence-electron chi connectivity index (χ1n) is 9.27. The zero-order valence-electron chi connectivity index (χ0n) is 16.3. The summed E-state index contributed by atoms with van der Waals surface area (Å²) < 4.78 is 32.2. The number of anilines is 1. The summed E-state index contributed by atoms with van der Waals surface area (Å²) >= 11 is 6.48. The van der Waals surface area contributed by atoms with Crippen molar-refractivity contribution in [1.82, 2.24) is 5.32 Å². The zero-order valence-corrected chi connectivity index (χ0v) is 18.7. The number of ether oxygens (including phenoxy) is 1. The summed E-state index contributed by atoms with van der Waals surface area (Å²) in [6.45, 7) is 5.49. The van der Waals surface area contributed by atoms with Crippen LogP contribution >= 0.6 is 24.0 Å². The van der Waals surface area contributed by atoms with Crippen LogP contribution in [0.2, 0.25) is 0 Å². The van der Waals surface area contributed by atoms with Crippen LogP contribution in [0.4, 0.5) is 5.69 Å². The molecule has 156 valence electrons. The lowest BCUT2D eigenvalue weighted by Gasteiger charge is -2.29.